The first kappa shape index (κ1) is 23.4. The molecule has 180 valence electrons. The molecule has 0 aromatic heterocycles. The van der Waals surface area contributed by atoms with Crippen molar-refractivity contribution in [3.8, 4) is 0 Å². The molecule has 1 saturated carbocycles. The summed E-state index contributed by atoms with van der Waals surface area (Å²) in [6.07, 6.45) is 0.324. The van der Waals surface area contributed by atoms with Gasteiger partial charge in [-0.25, -0.2) is 4.39 Å². The Labute approximate surface area is 205 Å². The first-order valence-electron chi connectivity index (χ1n) is 11.2. The summed E-state index contributed by atoms with van der Waals surface area (Å²) in [4.78, 5) is 25.5. The maximum Gasteiger partial charge on any atom is 0.269 e. The third kappa shape index (κ3) is 4.07. The molecule has 2 N–H and O–H groups in total. The van der Waals surface area contributed by atoms with Gasteiger partial charge in [0.2, 0.25) is 0 Å². The molecule has 1 amide bonds. The van der Waals surface area contributed by atoms with E-state index in [2.05, 4.69) is 0 Å². The number of nitro benzene ring substituents is 1. The lowest BCUT2D eigenvalue weighted by Gasteiger charge is -2.30. The topological polar surface area (TPSA) is 104 Å². The van der Waals surface area contributed by atoms with Gasteiger partial charge >= 0.3 is 0 Å². The van der Waals surface area contributed by atoms with Crippen molar-refractivity contribution >= 4 is 23.2 Å². The molecule has 1 aliphatic heterocycles. The van der Waals surface area contributed by atoms with Crippen LogP contribution >= 0.6 is 11.6 Å². The Morgan fingerprint density at radius 1 is 1.11 bits per heavy atom. The summed E-state index contributed by atoms with van der Waals surface area (Å²) >= 11 is 6.28. The third-order valence-electron chi connectivity index (χ3n) is 7.04. The van der Waals surface area contributed by atoms with Crippen molar-refractivity contribution in [1.82, 2.24) is 4.90 Å². The van der Waals surface area contributed by atoms with Crippen molar-refractivity contribution in [1.29, 1.82) is 0 Å². The van der Waals surface area contributed by atoms with Gasteiger partial charge in [-0.3, -0.25) is 14.9 Å². The van der Waals surface area contributed by atoms with E-state index in [1.54, 1.807) is 41.3 Å². The molecular formula is C26H22ClFN2O5. The van der Waals surface area contributed by atoms with Gasteiger partial charge in [0.15, 0.2) is 0 Å². The van der Waals surface area contributed by atoms with Crippen LogP contribution in [-0.2, 0) is 6.54 Å². The molecule has 0 spiro atoms. The molecule has 1 heterocycles. The number of nitro groups is 1. The number of fused-ring (bicyclic) bond motifs is 1. The number of benzene rings is 3. The van der Waals surface area contributed by atoms with Crippen molar-refractivity contribution < 1.29 is 24.3 Å². The van der Waals surface area contributed by atoms with Gasteiger partial charge in [0.25, 0.3) is 11.6 Å². The molecule has 9 heteroatoms. The minimum absolute atomic E-state index is 0.0646. The molecule has 3 aromatic carbocycles. The van der Waals surface area contributed by atoms with Gasteiger partial charge in [-0.1, -0.05) is 35.9 Å². The van der Waals surface area contributed by atoms with Gasteiger partial charge in [-0.2, -0.15) is 0 Å². The minimum atomic E-state index is -0.998. The van der Waals surface area contributed by atoms with E-state index in [9.17, 15) is 29.5 Å². The van der Waals surface area contributed by atoms with Crippen molar-refractivity contribution in [3.63, 3.8) is 0 Å². The predicted octanol–water partition coefficient (Wildman–Crippen LogP) is 4.94. The lowest BCUT2D eigenvalue weighted by molar-refractivity contribution is -0.384. The molecule has 35 heavy (non-hydrogen) atoms. The highest BCUT2D eigenvalue weighted by Crippen LogP contribution is 2.56. The summed E-state index contributed by atoms with van der Waals surface area (Å²) in [6, 6.07) is 14.3. The molecule has 2 atom stereocenters. The van der Waals surface area contributed by atoms with Crippen LogP contribution < -0.4 is 0 Å². The zero-order valence-electron chi connectivity index (χ0n) is 18.5. The first-order chi connectivity index (χ1) is 16.7. The van der Waals surface area contributed by atoms with Crippen LogP contribution in [0.15, 0.2) is 60.7 Å². The van der Waals surface area contributed by atoms with Crippen LogP contribution in [0.4, 0.5) is 10.1 Å². The number of amides is 1. The van der Waals surface area contributed by atoms with E-state index in [1.165, 1.54) is 24.3 Å². The summed E-state index contributed by atoms with van der Waals surface area (Å²) < 4.78 is 14.1. The molecule has 1 fully saturated rings. The molecule has 7 nitrogen and oxygen atoms in total. The average molecular weight is 497 g/mol. The highest BCUT2D eigenvalue weighted by Gasteiger charge is 2.50. The molecule has 0 radical (unpaired) electrons. The maximum atomic E-state index is 14.1. The number of hydrogen-bond donors (Lipinski definition) is 2. The quantitative estimate of drug-likeness (QED) is 0.356. The Bertz CT molecular complexity index is 1330. The zero-order valence-corrected chi connectivity index (χ0v) is 19.3. The highest BCUT2D eigenvalue weighted by molar-refractivity contribution is 6.30. The van der Waals surface area contributed by atoms with E-state index < -0.39 is 28.3 Å². The third-order valence-corrected chi connectivity index (χ3v) is 7.27. The van der Waals surface area contributed by atoms with Gasteiger partial charge in [-0.15, -0.1) is 0 Å². The van der Waals surface area contributed by atoms with E-state index in [1.807, 2.05) is 0 Å². The van der Waals surface area contributed by atoms with Crippen LogP contribution in [0.25, 0.3) is 0 Å². The van der Waals surface area contributed by atoms with E-state index in [4.69, 9.17) is 11.6 Å². The number of rotatable bonds is 7. The van der Waals surface area contributed by atoms with Crippen LogP contribution in [0.3, 0.4) is 0 Å². The van der Waals surface area contributed by atoms with E-state index in [-0.39, 0.29) is 30.3 Å². The second kappa shape index (κ2) is 8.71. The van der Waals surface area contributed by atoms with Crippen molar-refractivity contribution in [2.45, 2.75) is 31.5 Å². The number of carbonyl (C=O) groups is 1. The average Bonchev–Trinajstić information content (AvgIpc) is 3.61. The van der Waals surface area contributed by atoms with Gasteiger partial charge in [0.05, 0.1) is 23.7 Å². The number of nitrogens with zero attached hydrogens (tertiary/aromatic N) is 2. The summed E-state index contributed by atoms with van der Waals surface area (Å²) in [7, 11) is 0. The van der Waals surface area contributed by atoms with Crippen molar-refractivity contribution in [2.75, 3.05) is 6.61 Å². The van der Waals surface area contributed by atoms with Gasteiger partial charge in [-0.05, 0) is 59.4 Å². The molecule has 5 rings (SSSR count). The Hall–Kier alpha value is -3.33. The SMILES string of the molecule is O=C1c2cc(F)ccc2C(c2ccc(Cl)cc2C(O)C2(CO)CC2)N1Cc1ccc([N+](=O)[O-])cc1. The Morgan fingerprint density at radius 2 is 1.80 bits per heavy atom. The molecule has 0 saturated heterocycles. The number of aliphatic hydroxyl groups is 2. The fourth-order valence-electron chi connectivity index (χ4n) is 4.85. The van der Waals surface area contributed by atoms with Crippen molar-refractivity contribution in [3.05, 3.63) is 109 Å². The Balaban J connectivity index is 1.61. The van der Waals surface area contributed by atoms with Crippen LogP contribution in [-0.4, -0.2) is 32.6 Å². The summed E-state index contributed by atoms with van der Waals surface area (Å²) in [5, 5.41) is 32.6. The van der Waals surface area contributed by atoms with Crippen molar-refractivity contribution in [2.24, 2.45) is 5.41 Å². The molecular weight excluding hydrogens is 475 g/mol. The molecule has 3 aromatic rings. The number of hydrogen-bond acceptors (Lipinski definition) is 5. The van der Waals surface area contributed by atoms with Gasteiger partial charge < -0.3 is 15.1 Å². The largest absolute Gasteiger partial charge is 0.396 e. The zero-order chi connectivity index (χ0) is 24.9. The minimum Gasteiger partial charge on any atom is -0.396 e. The van der Waals surface area contributed by atoms with Gasteiger partial charge in [0.1, 0.15) is 5.82 Å². The molecule has 2 aliphatic rings. The number of aliphatic hydroxyl groups excluding tert-OH is 2. The fourth-order valence-corrected chi connectivity index (χ4v) is 5.03. The number of halogens is 2. The lowest BCUT2D eigenvalue weighted by atomic mass is 9.86. The van der Waals surface area contributed by atoms with Crippen LogP contribution in [0, 0.1) is 21.3 Å². The fraction of sp³-hybridized carbons (Fsp3) is 0.269. The smallest absolute Gasteiger partial charge is 0.269 e. The second-order valence-electron chi connectivity index (χ2n) is 9.19. The first-order valence-corrected chi connectivity index (χ1v) is 11.5. The maximum absolute atomic E-state index is 14.1. The molecule has 1 aliphatic carbocycles. The Kier molecular flexibility index (Phi) is 5.83. The predicted molar refractivity (Wildman–Crippen MR) is 126 cm³/mol. The standard InChI is InChI=1S/C26H22ClFN2O5/c27-16-3-7-19(21(11-16)24(32)26(14-31)9-10-26)23-20-8-4-17(28)12-22(20)25(33)29(23)13-15-1-5-18(6-2-15)30(34)35/h1-8,11-12,23-24,31-32H,9-10,13-14H2. The highest BCUT2D eigenvalue weighted by atomic mass is 35.5. The monoisotopic (exact) mass is 496 g/mol. The van der Waals surface area contributed by atoms with E-state index >= 15 is 0 Å². The normalized spacial score (nSPS) is 18.9. The Morgan fingerprint density at radius 3 is 2.43 bits per heavy atom. The van der Waals surface area contributed by atoms with Crippen LogP contribution in [0.2, 0.25) is 5.02 Å². The van der Waals surface area contributed by atoms with Gasteiger partial charge in [0, 0.05) is 34.7 Å². The summed E-state index contributed by atoms with van der Waals surface area (Å²) in [6.45, 7) is -0.0703. The number of carbonyl (C=O) groups excluding carboxylic acids is 1. The van der Waals surface area contributed by atoms with E-state index in [0.717, 1.165) is 0 Å². The lowest BCUT2D eigenvalue weighted by Crippen LogP contribution is -2.30. The van der Waals surface area contributed by atoms with Crippen LogP contribution in [0.1, 0.15) is 57.6 Å². The summed E-state index contributed by atoms with van der Waals surface area (Å²) in [5.41, 5.74) is 1.88. The number of non-ortho nitro benzene ring substituents is 1. The second-order valence-corrected chi connectivity index (χ2v) is 9.62. The van der Waals surface area contributed by atoms with E-state index in [0.29, 0.717) is 40.1 Å². The summed E-state index contributed by atoms with van der Waals surface area (Å²) in [5.74, 6) is -0.928. The molecule has 2 unspecified atom stereocenters. The van der Waals surface area contributed by atoms with Crippen LogP contribution in [0.5, 0.6) is 0 Å². The molecule has 0 bridgehead atoms.